The van der Waals surface area contributed by atoms with Crippen LogP contribution in [0.1, 0.15) is 0 Å². The van der Waals surface area contributed by atoms with Crippen molar-refractivity contribution < 1.29 is 4.39 Å². The molecule has 5 heteroatoms. The van der Waals surface area contributed by atoms with Crippen LogP contribution in [0, 0.1) is 5.82 Å². The number of anilines is 2. The SMILES string of the molecule is Fc1ccc(Nc2ncnc3c2[nH]c2ccccc23)cc1. The summed E-state index contributed by atoms with van der Waals surface area (Å²) >= 11 is 0. The lowest BCUT2D eigenvalue weighted by Gasteiger charge is -2.05. The van der Waals surface area contributed by atoms with Crippen LogP contribution in [0.3, 0.4) is 0 Å². The number of aromatic amines is 1. The fraction of sp³-hybridized carbons (Fsp3) is 0. The van der Waals surface area contributed by atoms with E-state index in [2.05, 4.69) is 20.3 Å². The molecule has 0 aliphatic carbocycles. The Morgan fingerprint density at radius 1 is 0.952 bits per heavy atom. The van der Waals surface area contributed by atoms with Gasteiger partial charge < -0.3 is 10.3 Å². The van der Waals surface area contributed by atoms with Crippen LogP contribution in [0.5, 0.6) is 0 Å². The largest absolute Gasteiger partial charge is 0.350 e. The fourth-order valence-corrected chi connectivity index (χ4v) is 2.41. The van der Waals surface area contributed by atoms with Crippen molar-refractivity contribution in [3.63, 3.8) is 0 Å². The summed E-state index contributed by atoms with van der Waals surface area (Å²) in [6, 6.07) is 14.1. The summed E-state index contributed by atoms with van der Waals surface area (Å²) in [7, 11) is 0. The minimum Gasteiger partial charge on any atom is -0.350 e. The Balaban J connectivity index is 1.86. The first-order valence-corrected chi connectivity index (χ1v) is 6.55. The van der Waals surface area contributed by atoms with Gasteiger partial charge in [0.05, 0.1) is 0 Å². The Kier molecular flexibility index (Phi) is 2.57. The van der Waals surface area contributed by atoms with Gasteiger partial charge in [-0.05, 0) is 30.3 Å². The second kappa shape index (κ2) is 4.56. The summed E-state index contributed by atoms with van der Waals surface area (Å²) in [6.07, 6.45) is 1.52. The molecule has 4 aromatic rings. The van der Waals surface area contributed by atoms with E-state index in [0.29, 0.717) is 5.82 Å². The molecular weight excluding hydrogens is 267 g/mol. The highest BCUT2D eigenvalue weighted by Crippen LogP contribution is 2.28. The van der Waals surface area contributed by atoms with Gasteiger partial charge in [0, 0.05) is 16.6 Å². The lowest BCUT2D eigenvalue weighted by molar-refractivity contribution is 0.628. The van der Waals surface area contributed by atoms with Crippen molar-refractivity contribution >= 4 is 33.4 Å². The Morgan fingerprint density at radius 2 is 1.76 bits per heavy atom. The van der Waals surface area contributed by atoms with Gasteiger partial charge in [0.2, 0.25) is 0 Å². The van der Waals surface area contributed by atoms with Crippen LogP contribution >= 0.6 is 0 Å². The Labute approximate surface area is 119 Å². The number of fused-ring (bicyclic) bond motifs is 3. The molecule has 2 aromatic heterocycles. The van der Waals surface area contributed by atoms with Gasteiger partial charge in [0.1, 0.15) is 23.2 Å². The highest BCUT2D eigenvalue weighted by Gasteiger charge is 2.10. The highest BCUT2D eigenvalue weighted by molar-refractivity contribution is 6.08. The molecule has 102 valence electrons. The van der Waals surface area contributed by atoms with E-state index in [0.717, 1.165) is 27.6 Å². The van der Waals surface area contributed by atoms with Crippen molar-refractivity contribution in [2.45, 2.75) is 0 Å². The molecule has 0 saturated carbocycles. The minimum absolute atomic E-state index is 0.265. The second-order valence-corrected chi connectivity index (χ2v) is 4.75. The molecule has 21 heavy (non-hydrogen) atoms. The first kappa shape index (κ1) is 11.8. The van der Waals surface area contributed by atoms with E-state index in [1.54, 1.807) is 12.1 Å². The maximum Gasteiger partial charge on any atom is 0.158 e. The minimum atomic E-state index is -0.265. The molecule has 0 unspecified atom stereocenters. The molecule has 2 heterocycles. The summed E-state index contributed by atoms with van der Waals surface area (Å²) in [4.78, 5) is 11.9. The molecular formula is C16H11FN4. The van der Waals surface area contributed by atoms with E-state index in [1.807, 2.05) is 24.3 Å². The summed E-state index contributed by atoms with van der Waals surface area (Å²) in [6.45, 7) is 0. The summed E-state index contributed by atoms with van der Waals surface area (Å²) in [5.41, 5.74) is 3.48. The number of hydrogen-bond donors (Lipinski definition) is 2. The zero-order valence-corrected chi connectivity index (χ0v) is 11.0. The van der Waals surface area contributed by atoms with Crippen LogP contribution in [0.4, 0.5) is 15.9 Å². The predicted octanol–water partition coefficient (Wildman–Crippen LogP) is 3.99. The summed E-state index contributed by atoms with van der Waals surface area (Å²) in [5.74, 6) is 0.404. The monoisotopic (exact) mass is 278 g/mol. The molecule has 0 spiro atoms. The summed E-state index contributed by atoms with van der Waals surface area (Å²) in [5, 5.41) is 4.24. The van der Waals surface area contributed by atoms with E-state index in [-0.39, 0.29) is 5.82 Å². The molecule has 0 aliphatic rings. The molecule has 0 saturated heterocycles. The number of H-pyrrole nitrogens is 1. The normalized spacial score (nSPS) is 11.1. The first-order valence-electron chi connectivity index (χ1n) is 6.55. The standard InChI is InChI=1S/C16H11FN4/c17-10-5-7-11(8-6-10)20-16-15-14(18-9-19-16)12-3-1-2-4-13(12)21-15/h1-9,21H,(H,18,19,20). The van der Waals surface area contributed by atoms with Gasteiger partial charge in [-0.15, -0.1) is 0 Å². The Morgan fingerprint density at radius 3 is 2.62 bits per heavy atom. The first-order chi connectivity index (χ1) is 10.3. The van der Waals surface area contributed by atoms with Crippen LogP contribution in [0.25, 0.3) is 21.9 Å². The summed E-state index contributed by atoms with van der Waals surface area (Å²) < 4.78 is 13.0. The average molecular weight is 278 g/mol. The van der Waals surface area contributed by atoms with Crippen molar-refractivity contribution in [2.75, 3.05) is 5.32 Å². The molecule has 2 aromatic carbocycles. The molecule has 4 rings (SSSR count). The molecule has 4 nitrogen and oxygen atoms in total. The molecule has 0 fully saturated rings. The van der Waals surface area contributed by atoms with E-state index in [1.165, 1.54) is 18.5 Å². The van der Waals surface area contributed by atoms with Crippen molar-refractivity contribution in [3.8, 4) is 0 Å². The molecule has 0 aliphatic heterocycles. The molecule has 0 radical (unpaired) electrons. The van der Waals surface area contributed by atoms with Gasteiger partial charge in [-0.1, -0.05) is 18.2 Å². The Hall–Kier alpha value is -2.95. The van der Waals surface area contributed by atoms with Gasteiger partial charge in [0.25, 0.3) is 0 Å². The molecule has 0 bridgehead atoms. The topological polar surface area (TPSA) is 53.6 Å². The number of hydrogen-bond acceptors (Lipinski definition) is 3. The predicted molar refractivity (Wildman–Crippen MR) is 81.1 cm³/mol. The Bertz CT molecular complexity index is 928. The van der Waals surface area contributed by atoms with Crippen molar-refractivity contribution in [1.82, 2.24) is 15.0 Å². The third-order valence-electron chi connectivity index (χ3n) is 3.40. The third kappa shape index (κ3) is 1.99. The van der Waals surface area contributed by atoms with Crippen molar-refractivity contribution in [2.24, 2.45) is 0 Å². The van der Waals surface area contributed by atoms with Crippen LogP contribution in [0.2, 0.25) is 0 Å². The smallest absolute Gasteiger partial charge is 0.158 e. The van der Waals surface area contributed by atoms with Crippen LogP contribution in [0.15, 0.2) is 54.9 Å². The van der Waals surface area contributed by atoms with E-state index in [4.69, 9.17) is 0 Å². The number of halogens is 1. The molecule has 2 N–H and O–H groups in total. The van der Waals surface area contributed by atoms with Gasteiger partial charge in [0.15, 0.2) is 5.82 Å². The lowest BCUT2D eigenvalue weighted by atomic mass is 10.2. The zero-order valence-electron chi connectivity index (χ0n) is 11.0. The second-order valence-electron chi connectivity index (χ2n) is 4.75. The van der Waals surface area contributed by atoms with Gasteiger partial charge in [-0.2, -0.15) is 0 Å². The maximum absolute atomic E-state index is 13.0. The lowest BCUT2D eigenvalue weighted by Crippen LogP contribution is -1.95. The number of benzene rings is 2. The van der Waals surface area contributed by atoms with Crippen LogP contribution < -0.4 is 5.32 Å². The van der Waals surface area contributed by atoms with E-state index < -0.39 is 0 Å². The van der Waals surface area contributed by atoms with Crippen molar-refractivity contribution in [3.05, 3.63) is 60.7 Å². The average Bonchev–Trinajstić information content (AvgIpc) is 2.89. The number of nitrogens with zero attached hydrogens (tertiary/aromatic N) is 2. The van der Waals surface area contributed by atoms with Crippen LogP contribution in [-0.4, -0.2) is 15.0 Å². The number of para-hydroxylation sites is 1. The number of rotatable bonds is 2. The third-order valence-corrected chi connectivity index (χ3v) is 3.40. The van der Waals surface area contributed by atoms with E-state index >= 15 is 0 Å². The number of nitrogens with one attached hydrogen (secondary N) is 2. The zero-order chi connectivity index (χ0) is 14.2. The number of aromatic nitrogens is 3. The van der Waals surface area contributed by atoms with Gasteiger partial charge in [-0.25, -0.2) is 14.4 Å². The quantitative estimate of drug-likeness (QED) is 0.583. The van der Waals surface area contributed by atoms with Gasteiger partial charge >= 0.3 is 0 Å². The van der Waals surface area contributed by atoms with E-state index in [9.17, 15) is 4.39 Å². The van der Waals surface area contributed by atoms with Crippen molar-refractivity contribution in [1.29, 1.82) is 0 Å². The molecule has 0 atom stereocenters. The highest BCUT2D eigenvalue weighted by atomic mass is 19.1. The molecule has 0 amide bonds. The van der Waals surface area contributed by atoms with Crippen LogP contribution in [-0.2, 0) is 0 Å². The maximum atomic E-state index is 13.0. The fourth-order valence-electron chi connectivity index (χ4n) is 2.41. The van der Waals surface area contributed by atoms with Gasteiger partial charge in [-0.3, -0.25) is 0 Å².